The van der Waals surface area contributed by atoms with Crippen LogP contribution in [0, 0.1) is 5.82 Å². The van der Waals surface area contributed by atoms with E-state index in [0.29, 0.717) is 5.56 Å². The van der Waals surface area contributed by atoms with Crippen LogP contribution in [0.25, 0.3) is 0 Å². The minimum Gasteiger partial charge on any atom is -0.480 e. The number of aliphatic carboxylic acids is 1. The number of hydrogen-bond acceptors (Lipinski definition) is 3. The number of halogens is 1. The van der Waals surface area contributed by atoms with Gasteiger partial charge in [0.15, 0.2) is 0 Å². The lowest BCUT2D eigenvalue weighted by atomic mass is 10.1. The fourth-order valence-electron chi connectivity index (χ4n) is 2.23. The third-order valence-electron chi connectivity index (χ3n) is 3.56. The van der Waals surface area contributed by atoms with E-state index >= 15 is 0 Å². The second-order valence-electron chi connectivity index (χ2n) is 5.34. The number of nitrogens with zero attached hydrogens (tertiary/aromatic N) is 1. The van der Waals surface area contributed by atoms with Gasteiger partial charge < -0.3 is 9.84 Å². The number of rotatable bonds is 6. The molecule has 6 heteroatoms. The smallest absolute Gasteiger partial charge is 0.410 e. The Morgan fingerprint density at radius 1 is 1.12 bits per heavy atom. The van der Waals surface area contributed by atoms with Gasteiger partial charge in [0, 0.05) is 13.5 Å². The van der Waals surface area contributed by atoms with E-state index in [1.807, 2.05) is 18.2 Å². The summed E-state index contributed by atoms with van der Waals surface area (Å²) in [6.45, 7) is 0.0519. The van der Waals surface area contributed by atoms with Crippen LogP contribution in [0.3, 0.4) is 0 Å². The normalized spacial score (nSPS) is 11.6. The van der Waals surface area contributed by atoms with Crippen LogP contribution >= 0.6 is 0 Å². The maximum Gasteiger partial charge on any atom is 0.410 e. The molecule has 5 nitrogen and oxygen atoms in total. The zero-order valence-corrected chi connectivity index (χ0v) is 13.2. The van der Waals surface area contributed by atoms with Gasteiger partial charge in [-0.25, -0.2) is 14.0 Å². The highest BCUT2D eigenvalue weighted by atomic mass is 19.1. The standard InChI is InChI=1S/C18H18FNO4/c1-20(18(23)24-12-13-6-3-2-4-7-13)16(17(21)22)11-14-8-5-9-15(19)10-14/h2-10,16H,11-12H2,1H3,(H,21,22). The minimum atomic E-state index is -1.18. The number of amides is 1. The van der Waals surface area contributed by atoms with Crippen LogP contribution in [0.15, 0.2) is 54.6 Å². The van der Waals surface area contributed by atoms with Gasteiger partial charge in [0.05, 0.1) is 0 Å². The predicted octanol–water partition coefficient (Wildman–Crippen LogP) is 3.09. The molecule has 0 spiro atoms. The predicted molar refractivity (Wildman–Crippen MR) is 85.9 cm³/mol. The highest BCUT2D eigenvalue weighted by Crippen LogP contribution is 2.12. The molecule has 0 aliphatic carbocycles. The summed E-state index contributed by atoms with van der Waals surface area (Å²) >= 11 is 0. The van der Waals surface area contributed by atoms with E-state index in [4.69, 9.17) is 4.74 Å². The molecule has 0 radical (unpaired) electrons. The zero-order chi connectivity index (χ0) is 17.5. The molecule has 0 aliphatic heterocycles. The number of benzene rings is 2. The highest BCUT2D eigenvalue weighted by Gasteiger charge is 2.28. The number of carbonyl (C=O) groups excluding carboxylic acids is 1. The lowest BCUT2D eigenvalue weighted by molar-refractivity contribution is -0.142. The molecule has 24 heavy (non-hydrogen) atoms. The molecule has 2 rings (SSSR count). The number of carboxylic acid groups (broad SMARTS) is 1. The van der Waals surface area contributed by atoms with Gasteiger partial charge in [-0.3, -0.25) is 4.90 Å². The first kappa shape index (κ1) is 17.5. The van der Waals surface area contributed by atoms with Crippen LogP contribution < -0.4 is 0 Å². The first-order valence-electron chi connectivity index (χ1n) is 7.38. The third-order valence-corrected chi connectivity index (χ3v) is 3.56. The fraction of sp³-hybridized carbons (Fsp3) is 0.222. The number of likely N-dealkylation sites (N-methyl/N-ethyl adjacent to an activating group) is 1. The summed E-state index contributed by atoms with van der Waals surface area (Å²) < 4.78 is 18.4. The zero-order valence-electron chi connectivity index (χ0n) is 13.2. The summed E-state index contributed by atoms with van der Waals surface area (Å²) in [4.78, 5) is 24.6. The van der Waals surface area contributed by atoms with Gasteiger partial charge in [0.2, 0.25) is 0 Å². The molecule has 2 aromatic carbocycles. The Hall–Kier alpha value is -2.89. The Labute approximate surface area is 139 Å². The van der Waals surface area contributed by atoms with E-state index in [1.54, 1.807) is 18.2 Å². The molecule has 0 aromatic heterocycles. The molecule has 0 bridgehead atoms. The van der Waals surface area contributed by atoms with Crippen molar-refractivity contribution in [3.8, 4) is 0 Å². The van der Waals surface area contributed by atoms with Crippen molar-refractivity contribution < 1.29 is 23.8 Å². The largest absolute Gasteiger partial charge is 0.480 e. The van der Waals surface area contributed by atoms with Crippen molar-refractivity contribution in [3.63, 3.8) is 0 Å². The molecule has 1 amide bonds. The summed E-state index contributed by atoms with van der Waals surface area (Å²) in [5, 5.41) is 9.37. The number of ether oxygens (including phenoxy) is 1. The molecule has 0 saturated heterocycles. The van der Waals surface area contributed by atoms with E-state index in [2.05, 4.69) is 0 Å². The SMILES string of the molecule is CN(C(=O)OCc1ccccc1)C(Cc1cccc(F)c1)C(=O)O. The molecular weight excluding hydrogens is 313 g/mol. The number of hydrogen-bond donors (Lipinski definition) is 1. The quantitative estimate of drug-likeness (QED) is 0.883. The summed E-state index contributed by atoms with van der Waals surface area (Å²) in [6.07, 6.45) is -0.757. The van der Waals surface area contributed by atoms with Crippen LogP contribution in [-0.2, 0) is 22.6 Å². The van der Waals surface area contributed by atoms with E-state index < -0.39 is 23.9 Å². The maximum atomic E-state index is 13.2. The molecule has 0 fully saturated rings. The van der Waals surface area contributed by atoms with Crippen molar-refractivity contribution >= 4 is 12.1 Å². The lowest BCUT2D eigenvalue weighted by Gasteiger charge is -2.24. The van der Waals surface area contributed by atoms with Gasteiger partial charge in [-0.05, 0) is 23.3 Å². The van der Waals surface area contributed by atoms with Crippen LogP contribution in [0.4, 0.5) is 9.18 Å². The van der Waals surface area contributed by atoms with Crippen molar-refractivity contribution in [2.45, 2.75) is 19.1 Å². The highest BCUT2D eigenvalue weighted by molar-refractivity contribution is 5.80. The van der Waals surface area contributed by atoms with Gasteiger partial charge in [-0.15, -0.1) is 0 Å². The van der Waals surface area contributed by atoms with Crippen LogP contribution in [0.2, 0.25) is 0 Å². The summed E-state index contributed by atoms with van der Waals surface area (Å²) in [6, 6.07) is 13.6. The van der Waals surface area contributed by atoms with Crippen molar-refractivity contribution in [1.82, 2.24) is 4.90 Å². The first-order valence-corrected chi connectivity index (χ1v) is 7.38. The minimum absolute atomic E-state index is 0.00989. The monoisotopic (exact) mass is 331 g/mol. The van der Waals surface area contributed by atoms with E-state index in [9.17, 15) is 19.1 Å². The first-order chi connectivity index (χ1) is 11.5. The Bertz CT molecular complexity index is 705. The van der Waals surface area contributed by atoms with Crippen molar-refractivity contribution in [2.24, 2.45) is 0 Å². The summed E-state index contributed by atoms with van der Waals surface area (Å²) in [7, 11) is 1.35. The Morgan fingerprint density at radius 2 is 1.79 bits per heavy atom. The Balaban J connectivity index is 2.01. The molecule has 0 aliphatic rings. The summed E-state index contributed by atoms with van der Waals surface area (Å²) in [5.41, 5.74) is 1.29. The Morgan fingerprint density at radius 3 is 2.42 bits per heavy atom. The van der Waals surface area contributed by atoms with E-state index in [1.165, 1.54) is 25.2 Å². The van der Waals surface area contributed by atoms with Crippen molar-refractivity contribution in [3.05, 3.63) is 71.5 Å². The maximum absolute atomic E-state index is 13.2. The average molecular weight is 331 g/mol. The van der Waals surface area contributed by atoms with Gasteiger partial charge >= 0.3 is 12.1 Å². The van der Waals surface area contributed by atoms with E-state index in [-0.39, 0.29) is 13.0 Å². The van der Waals surface area contributed by atoms with Gasteiger partial charge in [-0.2, -0.15) is 0 Å². The van der Waals surface area contributed by atoms with E-state index in [0.717, 1.165) is 10.5 Å². The molecule has 1 atom stereocenters. The third kappa shape index (κ3) is 4.81. The molecular formula is C18H18FNO4. The Kier molecular flexibility index (Phi) is 5.89. The molecule has 0 saturated carbocycles. The van der Waals surface area contributed by atoms with Crippen molar-refractivity contribution in [1.29, 1.82) is 0 Å². The van der Waals surface area contributed by atoms with Crippen molar-refractivity contribution in [2.75, 3.05) is 7.05 Å². The average Bonchev–Trinajstić information content (AvgIpc) is 2.57. The molecule has 2 aromatic rings. The van der Waals surface area contributed by atoms with Gasteiger partial charge in [-0.1, -0.05) is 42.5 Å². The molecule has 1 unspecified atom stereocenters. The molecule has 0 heterocycles. The molecule has 126 valence electrons. The van der Waals surface area contributed by atoms with Gasteiger partial charge in [0.25, 0.3) is 0 Å². The fourth-order valence-corrected chi connectivity index (χ4v) is 2.23. The lowest BCUT2D eigenvalue weighted by Crippen LogP contribution is -2.44. The molecule has 1 N–H and O–H groups in total. The van der Waals surface area contributed by atoms with Crippen LogP contribution in [0.1, 0.15) is 11.1 Å². The summed E-state index contributed by atoms with van der Waals surface area (Å²) in [5.74, 6) is -1.63. The van der Waals surface area contributed by atoms with Crippen LogP contribution in [0.5, 0.6) is 0 Å². The second kappa shape index (κ2) is 8.10. The second-order valence-corrected chi connectivity index (χ2v) is 5.34. The number of carbonyl (C=O) groups is 2. The van der Waals surface area contributed by atoms with Crippen LogP contribution in [-0.4, -0.2) is 35.2 Å². The number of carboxylic acids is 1. The topological polar surface area (TPSA) is 66.8 Å². The van der Waals surface area contributed by atoms with Gasteiger partial charge in [0.1, 0.15) is 18.5 Å².